The van der Waals surface area contributed by atoms with Gasteiger partial charge in [-0.3, -0.25) is 0 Å². The Kier molecular flexibility index (Phi) is 8.99. The second-order valence-corrected chi connectivity index (χ2v) is 10.6. The number of aryl methyl sites for hydroxylation is 1. The third kappa shape index (κ3) is 6.14. The third-order valence-corrected chi connectivity index (χ3v) is 7.81. The minimum atomic E-state index is -0.326. The molecule has 1 aliphatic heterocycles. The number of hydrogen-bond donors (Lipinski definition) is 4. The highest BCUT2D eigenvalue weighted by Crippen LogP contribution is 2.39. The average Bonchev–Trinajstić information content (AvgIpc) is 2.97. The Hall–Kier alpha value is -3.46. The SMILES string of the molecule is Cc1ccc2c(N[C@@H]3CCCC[C@H]3O)cccc2c1Oc1ncccc1-c1ccnc(N[C@H]2CCCNC2)n1.Cl. The van der Waals surface area contributed by atoms with E-state index in [1.807, 2.05) is 31.2 Å². The van der Waals surface area contributed by atoms with Gasteiger partial charge in [0, 0.05) is 41.4 Å². The van der Waals surface area contributed by atoms with E-state index < -0.39 is 0 Å². The largest absolute Gasteiger partial charge is 0.437 e. The first kappa shape index (κ1) is 28.1. The van der Waals surface area contributed by atoms with Crippen molar-refractivity contribution in [2.75, 3.05) is 23.7 Å². The number of ether oxygens (including phenoxy) is 1. The summed E-state index contributed by atoms with van der Waals surface area (Å²) in [6, 6.07) is 16.5. The van der Waals surface area contributed by atoms with Crippen LogP contribution in [0.3, 0.4) is 0 Å². The standard InChI is InChI=1S/C31H36N6O2.ClH/c1-20-13-14-22-23(8-4-11-25(22)36-27-10-2-3-12-28(27)38)29(20)39-30-24(9-6-17-33-30)26-15-18-34-31(37-26)35-21-7-5-16-32-19-21;/h4,6,8-9,11,13-15,17-18,21,27-28,32,36,38H,2-3,5,7,10,12,16,19H2,1H3,(H,34,35,37);1H/t21-,27+,28+;/m0./s1. The van der Waals surface area contributed by atoms with Crippen molar-refractivity contribution in [3.8, 4) is 22.9 Å². The molecule has 2 aliphatic rings. The number of nitrogens with one attached hydrogen (secondary N) is 3. The van der Waals surface area contributed by atoms with E-state index in [0.29, 0.717) is 17.9 Å². The van der Waals surface area contributed by atoms with E-state index in [1.54, 1.807) is 12.4 Å². The molecule has 0 bridgehead atoms. The Morgan fingerprint density at radius 3 is 2.65 bits per heavy atom. The van der Waals surface area contributed by atoms with Crippen molar-refractivity contribution in [3.05, 3.63) is 66.5 Å². The molecule has 4 N–H and O–H groups in total. The summed E-state index contributed by atoms with van der Waals surface area (Å²) >= 11 is 0. The third-order valence-electron chi connectivity index (χ3n) is 7.81. The van der Waals surface area contributed by atoms with Crippen LogP contribution >= 0.6 is 12.4 Å². The van der Waals surface area contributed by atoms with E-state index in [1.165, 1.54) is 0 Å². The van der Waals surface area contributed by atoms with Crippen molar-refractivity contribution >= 4 is 34.8 Å². The van der Waals surface area contributed by atoms with Crippen molar-refractivity contribution < 1.29 is 9.84 Å². The first-order chi connectivity index (χ1) is 19.2. The summed E-state index contributed by atoms with van der Waals surface area (Å²) in [6.45, 7) is 4.02. The average molecular weight is 561 g/mol. The van der Waals surface area contributed by atoms with Crippen LogP contribution in [0, 0.1) is 6.92 Å². The summed E-state index contributed by atoms with van der Waals surface area (Å²) in [4.78, 5) is 13.9. The number of aliphatic hydroxyl groups excluding tert-OH is 1. The molecule has 8 nitrogen and oxygen atoms in total. The van der Waals surface area contributed by atoms with E-state index in [4.69, 9.17) is 9.72 Å². The van der Waals surface area contributed by atoms with E-state index >= 15 is 0 Å². The number of halogens is 1. The maximum Gasteiger partial charge on any atom is 0.228 e. The number of piperidine rings is 1. The molecule has 3 heterocycles. The highest BCUT2D eigenvalue weighted by molar-refractivity contribution is 5.98. The van der Waals surface area contributed by atoms with Crippen LogP contribution in [-0.4, -0.2) is 51.3 Å². The fourth-order valence-corrected chi connectivity index (χ4v) is 5.68. The summed E-state index contributed by atoms with van der Waals surface area (Å²) in [5, 5.41) is 23.1. The number of hydrogen-bond acceptors (Lipinski definition) is 8. The lowest BCUT2D eigenvalue weighted by Crippen LogP contribution is -2.38. The Labute approximate surface area is 241 Å². The van der Waals surface area contributed by atoms with Gasteiger partial charge in [-0.15, -0.1) is 12.4 Å². The van der Waals surface area contributed by atoms with Crippen LogP contribution in [0.15, 0.2) is 60.9 Å². The molecule has 2 aromatic heterocycles. The van der Waals surface area contributed by atoms with Crippen LogP contribution in [0.2, 0.25) is 0 Å². The molecule has 6 rings (SSSR count). The lowest BCUT2D eigenvalue weighted by molar-refractivity contribution is 0.116. The zero-order valence-corrected chi connectivity index (χ0v) is 23.6. The molecular weight excluding hydrogens is 524 g/mol. The predicted molar refractivity (Wildman–Crippen MR) is 163 cm³/mol. The molecule has 3 atom stereocenters. The second-order valence-electron chi connectivity index (χ2n) is 10.6. The number of aromatic nitrogens is 3. The van der Waals surface area contributed by atoms with E-state index in [2.05, 4.69) is 50.2 Å². The molecule has 2 aromatic carbocycles. The fraction of sp³-hybridized carbons (Fsp3) is 0.387. The molecule has 0 amide bonds. The number of nitrogens with zero attached hydrogens (tertiary/aromatic N) is 3. The minimum absolute atomic E-state index is 0. The van der Waals surface area contributed by atoms with Crippen LogP contribution in [0.5, 0.6) is 11.6 Å². The normalized spacial score (nSPS) is 20.9. The fourth-order valence-electron chi connectivity index (χ4n) is 5.68. The molecule has 40 heavy (non-hydrogen) atoms. The topological polar surface area (TPSA) is 104 Å². The molecule has 1 saturated heterocycles. The molecule has 0 unspecified atom stereocenters. The van der Waals surface area contributed by atoms with Crippen LogP contribution in [-0.2, 0) is 0 Å². The highest BCUT2D eigenvalue weighted by Gasteiger charge is 2.24. The maximum absolute atomic E-state index is 10.5. The zero-order chi connectivity index (χ0) is 26.6. The summed E-state index contributed by atoms with van der Waals surface area (Å²) in [5.41, 5.74) is 3.59. The summed E-state index contributed by atoms with van der Waals surface area (Å²) in [7, 11) is 0. The lowest BCUT2D eigenvalue weighted by atomic mass is 9.92. The van der Waals surface area contributed by atoms with Gasteiger partial charge in [0.15, 0.2) is 0 Å². The molecular formula is C31H37ClN6O2. The molecule has 0 radical (unpaired) electrons. The number of fused-ring (bicyclic) bond motifs is 1. The molecule has 9 heteroatoms. The van der Waals surface area contributed by atoms with Gasteiger partial charge in [0.1, 0.15) is 5.75 Å². The summed E-state index contributed by atoms with van der Waals surface area (Å²) < 4.78 is 6.58. The number of aliphatic hydroxyl groups is 1. The maximum atomic E-state index is 10.5. The zero-order valence-electron chi connectivity index (χ0n) is 22.8. The molecule has 1 saturated carbocycles. The molecule has 2 fully saturated rings. The number of rotatable bonds is 7. The van der Waals surface area contributed by atoms with Gasteiger partial charge < -0.3 is 25.8 Å². The van der Waals surface area contributed by atoms with Crippen molar-refractivity contribution in [2.24, 2.45) is 0 Å². The van der Waals surface area contributed by atoms with Crippen molar-refractivity contribution in [1.29, 1.82) is 0 Å². The summed E-state index contributed by atoms with van der Waals surface area (Å²) in [5.74, 6) is 1.87. The Morgan fingerprint density at radius 2 is 1.80 bits per heavy atom. The van der Waals surface area contributed by atoms with Gasteiger partial charge in [-0.25, -0.2) is 15.0 Å². The molecule has 1 aliphatic carbocycles. The predicted octanol–water partition coefficient (Wildman–Crippen LogP) is 6.09. The van der Waals surface area contributed by atoms with Gasteiger partial charge in [0.25, 0.3) is 0 Å². The van der Waals surface area contributed by atoms with Crippen LogP contribution in [0.4, 0.5) is 11.6 Å². The Balaban J connectivity index is 0.00000323. The van der Waals surface area contributed by atoms with Crippen molar-refractivity contribution in [1.82, 2.24) is 20.3 Å². The Morgan fingerprint density at radius 1 is 0.900 bits per heavy atom. The van der Waals surface area contributed by atoms with E-state index in [0.717, 1.165) is 90.6 Å². The first-order valence-electron chi connectivity index (χ1n) is 14.1. The molecule has 4 aromatic rings. The number of pyridine rings is 1. The van der Waals surface area contributed by atoms with Crippen LogP contribution < -0.4 is 20.7 Å². The lowest BCUT2D eigenvalue weighted by Gasteiger charge is -2.29. The monoisotopic (exact) mass is 560 g/mol. The smallest absolute Gasteiger partial charge is 0.228 e. The van der Waals surface area contributed by atoms with E-state index in [-0.39, 0.29) is 24.6 Å². The van der Waals surface area contributed by atoms with Gasteiger partial charge in [-0.05, 0) is 69.0 Å². The van der Waals surface area contributed by atoms with E-state index in [9.17, 15) is 5.11 Å². The molecule has 0 spiro atoms. The molecule has 210 valence electrons. The second kappa shape index (κ2) is 12.8. The quantitative estimate of drug-likeness (QED) is 0.215. The van der Waals surface area contributed by atoms with Crippen molar-refractivity contribution in [2.45, 2.75) is 63.6 Å². The van der Waals surface area contributed by atoms with Crippen LogP contribution in [0.25, 0.3) is 22.0 Å². The van der Waals surface area contributed by atoms with Gasteiger partial charge in [0.05, 0.1) is 23.4 Å². The number of benzene rings is 2. The highest BCUT2D eigenvalue weighted by atomic mass is 35.5. The van der Waals surface area contributed by atoms with Gasteiger partial charge in [-0.2, -0.15) is 0 Å². The Bertz CT molecular complexity index is 1440. The van der Waals surface area contributed by atoms with Gasteiger partial charge in [0.2, 0.25) is 11.8 Å². The minimum Gasteiger partial charge on any atom is -0.437 e. The van der Waals surface area contributed by atoms with Gasteiger partial charge >= 0.3 is 0 Å². The summed E-state index contributed by atoms with van der Waals surface area (Å²) in [6.07, 6.45) is 9.46. The van der Waals surface area contributed by atoms with Gasteiger partial charge in [-0.1, -0.05) is 37.1 Å². The number of anilines is 2. The van der Waals surface area contributed by atoms with Crippen LogP contribution in [0.1, 0.15) is 44.1 Å². The first-order valence-corrected chi connectivity index (χ1v) is 14.1. The van der Waals surface area contributed by atoms with Crippen molar-refractivity contribution in [3.63, 3.8) is 0 Å².